The molecule has 2 N–H and O–H groups in total. The van der Waals surface area contributed by atoms with Gasteiger partial charge in [-0.2, -0.15) is 4.98 Å². The molecule has 6 heteroatoms. The number of aromatic nitrogens is 2. The Kier molecular flexibility index (Phi) is 2.40. The molecule has 0 unspecified atom stereocenters. The molecule has 2 rings (SSSR count). The second-order valence-electron chi connectivity index (χ2n) is 3.23. The van der Waals surface area contributed by atoms with E-state index >= 15 is 0 Å². The van der Waals surface area contributed by atoms with Gasteiger partial charge in [0.25, 0.3) is 0 Å². The van der Waals surface area contributed by atoms with E-state index in [1.807, 2.05) is 0 Å². The van der Waals surface area contributed by atoms with Crippen LogP contribution in [-0.2, 0) is 11.2 Å². The van der Waals surface area contributed by atoms with Crippen molar-refractivity contribution in [1.29, 1.82) is 0 Å². The van der Waals surface area contributed by atoms with E-state index in [2.05, 4.69) is 9.97 Å². The van der Waals surface area contributed by atoms with Gasteiger partial charge in [-0.25, -0.2) is 9.18 Å². The quantitative estimate of drug-likeness (QED) is 0.783. The average Bonchev–Trinajstić information content (AvgIpc) is 2.18. The van der Waals surface area contributed by atoms with Crippen LogP contribution in [0.3, 0.4) is 0 Å². The van der Waals surface area contributed by atoms with Crippen LogP contribution in [0.5, 0.6) is 0 Å². The Hall–Kier alpha value is -2.24. The minimum Gasteiger partial charge on any atom is -0.481 e. The summed E-state index contributed by atoms with van der Waals surface area (Å²) in [4.78, 5) is 27.4. The number of halogens is 1. The van der Waals surface area contributed by atoms with Crippen LogP contribution in [-0.4, -0.2) is 21.0 Å². The van der Waals surface area contributed by atoms with Gasteiger partial charge in [0.2, 0.25) is 0 Å². The minimum absolute atomic E-state index is 0.109. The van der Waals surface area contributed by atoms with E-state index in [0.29, 0.717) is 5.39 Å². The molecule has 16 heavy (non-hydrogen) atoms. The summed E-state index contributed by atoms with van der Waals surface area (Å²) < 4.78 is 13.3. The van der Waals surface area contributed by atoms with Crippen LogP contribution in [0, 0.1) is 5.82 Å². The molecule has 1 aromatic carbocycles. The van der Waals surface area contributed by atoms with E-state index in [0.717, 1.165) is 0 Å². The maximum atomic E-state index is 13.3. The third-order valence-electron chi connectivity index (χ3n) is 2.11. The standard InChI is InChI=1S/C10H7FN2O3/c11-6-3-1-2-5-7(4-8(14)15)12-10(16)13-9(5)6/h1-3H,4H2,(H,14,15)(H,12,13,16). The Balaban J connectivity index is 2.78. The second kappa shape index (κ2) is 3.73. The van der Waals surface area contributed by atoms with Gasteiger partial charge in [-0.1, -0.05) is 12.1 Å². The van der Waals surface area contributed by atoms with Crippen LogP contribution in [0.4, 0.5) is 4.39 Å². The summed E-state index contributed by atoms with van der Waals surface area (Å²) in [6.45, 7) is 0. The molecule has 82 valence electrons. The first-order valence-corrected chi connectivity index (χ1v) is 4.47. The zero-order valence-corrected chi connectivity index (χ0v) is 8.03. The number of hydrogen-bond acceptors (Lipinski definition) is 3. The molecule has 0 amide bonds. The van der Waals surface area contributed by atoms with E-state index in [4.69, 9.17) is 5.11 Å². The summed E-state index contributed by atoms with van der Waals surface area (Å²) in [6, 6.07) is 4.11. The van der Waals surface area contributed by atoms with Crippen molar-refractivity contribution in [3.8, 4) is 0 Å². The molecular weight excluding hydrogens is 215 g/mol. The Morgan fingerprint density at radius 2 is 2.25 bits per heavy atom. The summed E-state index contributed by atoms with van der Waals surface area (Å²) >= 11 is 0. The second-order valence-corrected chi connectivity index (χ2v) is 3.23. The molecule has 0 radical (unpaired) electrons. The minimum atomic E-state index is -1.10. The van der Waals surface area contributed by atoms with Crippen molar-refractivity contribution in [1.82, 2.24) is 9.97 Å². The van der Waals surface area contributed by atoms with E-state index in [9.17, 15) is 14.0 Å². The van der Waals surface area contributed by atoms with Gasteiger partial charge in [-0.05, 0) is 6.07 Å². The van der Waals surface area contributed by atoms with Crippen molar-refractivity contribution < 1.29 is 14.3 Å². The highest BCUT2D eigenvalue weighted by Gasteiger charge is 2.10. The van der Waals surface area contributed by atoms with Crippen LogP contribution in [0.1, 0.15) is 5.69 Å². The van der Waals surface area contributed by atoms with Gasteiger partial charge in [0, 0.05) is 11.1 Å². The van der Waals surface area contributed by atoms with E-state index in [-0.39, 0.29) is 17.6 Å². The van der Waals surface area contributed by atoms with Crippen molar-refractivity contribution in [2.75, 3.05) is 0 Å². The SMILES string of the molecule is O=C(O)Cc1[nH]c(=O)nc2c(F)cccc12. The van der Waals surface area contributed by atoms with Crippen molar-refractivity contribution >= 4 is 16.9 Å². The van der Waals surface area contributed by atoms with E-state index < -0.39 is 17.5 Å². The number of aromatic amines is 1. The molecule has 2 aromatic rings. The number of nitrogens with zero attached hydrogens (tertiary/aromatic N) is 1. The van der Waals surface area contributed by atoms with E-state index in [1.54, 1.807) is 0 Å². The summed E-state index contributed by atoms with van der Waals surface area (Å²) in [6.07, 6.45) is -0.377. The molecule has 0 aliphatic rings. The van der Waals surface area contributed by atoms with Gasteiger partial charge < -0.3 is 10.1 Å². The fourth-order valence-electron chi connectivity index (χ4n) is 1.49. The topological polar surface area (TPSA) is 83.0 Å². The fraction of sp³-hybridized carbons (Fsp3) is 0.100. The summed E-state index contributed by atoms with van der Waals surface area (Å²) in [7, 11) is 0. The first-order valence-electron chi connectivity index (χ1n) is 4.47. The Morgan fingerprint density at radius 3 is 2.94 bits per heavy atom. The van der Waals surface area contributed by atoms with Gasteiger partial charge in [-0.15, -0.1) is 0 Å². The molecule has 1 aromatic heterocycles. The third kappa shape index (κ3) is 1.77. The largest absolute Gasteiger partial charge is 0.481 e. The first kappa shape index (κ1) is 10.3. The highest BCUT2D eigenvalue weighted by atomic mass is 19.1. The zero-order valence-electron chi connectivity index (χ0n) is 8.03. The van der Waals surface area contributed by atoms with Gasteiger partial charge in [-0.3, -0.25) is 4.79 Å². The van der Waals surface area contributed by atoms with Gasteiger partial charge in [0.05, 0.1) is 6.42 Å². The number of benzene rings is 1. The third-order valence-corrected chi connectivity index (χ3v) is 2.11. The lowest BCUT2D eigenvalue weighted by molar-refractivity contribution is -0.136. The Labute approximate surface area is 88.6 Å². The summed E-state index contributed by atoms with van der Waals surface area (Å²) in [5.41, 5.74) is -0.710. The number of hydrogen-bond donors (Lipinski definition) is 2. The number of rotatable bonds is 2. The summed E-state index contributed by atoms with van der Waals surface area (Å²) in [5, 5.41) is 8.96. The summed E-state index contributed by atoms with van der Waals surface area (Å²) in [5.74, 6) is -1.75. The zero-order chi connectivity index (χ0) is 11.7. The molecular formula is C10H7FN2O3. The van der Waals surface area contributed by atoms with Gasteiger partial charge in [0.15, 0.2) is 0 Å². The van der Waals surface area contributed by atoms with Gasteiger partial charge in [0.1, 0.15) is 11.3 Å². The monoisotopic (exact) mass is 222 g/mol. The molecule has 0 fully saturated rings. The lowest BCUT2D eigenvalue weighted by atomic mass is 10.1. The van der Waals surface area contributed by atoms with Crippen molar-refractivity contribution in [3.63, 3.8) is 0 Å². The van der Waals surface area contributed by atoms with E-state index in [1.165, 1.54) is 18.2 Å². The Morgan fingerprint density at radius 1 is 1.50 bits per heavy atom. The predicted molar refractivity (Wildman–Crippen MR) is 53.7 cm³/mol. The lowest BCUT2D eigenvalue weighted by Gasteiger charge is -2.03. The maximum Gasteiger partial charge on any atom is 0.345 e. The average molecular weight is 222 g/mol. The van der Waals surface area contributed by atoms with Crippen LogP contribution in [0.2, 0.25) is 0 Å². The van der Waals surface area contributed by atoms with Crippen LogP contribution < -0.4 is 5.69 Å². The number of carboxylic acid groups (broad SMARTS) is 1. The van der Waals surface area contributed by atoms with Crippen molar-refractivity contribution in [2.45, 2.75) is 6.42 Å². The number of carboxylic acids is 1. The van der Waals surface area contributed by atoms with Crippen LogP contribution >= 0.6 is 0 Å². The number of H-pyrrole nitrogens is 1. The molecule has 0 saturated heterocycles. The molecule has 0 bridgehead atoms. The molecule has 0 spiro atoms. The maximum absolute atomic E-state index is 13.3. The number of nitrogens with one attached hydrogen (secondary N) is 1. The molecule has 0 atom stereocenters. The predicted octanol–water partition coefficient (Wildman–Crippen LogP) is 0.689. The first-order chi connectivity index (χ1) is 7.58. The molecule has 1 heterocycles. The number of para-hydroxylation sites is 1. The molecule has 0 aliphatic carbocycles. The van der Waals surface area contributed by atoms with Crippen LogP contribution in [0.25, 0.3) is 10.9 Å². The Bertz CT molecular complexity index is 621. The lowest BCUT2D eigenvalue weighted by Crippen LogP contribution is -2.16. The van der Waals surface area contributed by atoms with Gasteiger partial charge >= 0.3 is 11.7 Å². The molecule has 0 saturated carbocycles. The number of carbonyl (C=O) groups is 1. The number of fused-ring (bicyclic) bond motifs is 1. The highest BCUT2D eigenvalue weighted by Crippen LogP contribution is 2.16. The number of aliphatic carboxylic acids is 1. The van der Waals surface area contributed by atoms with Crippen molar-refractivity contribution in [3.05, 3.63) is 40.2 Å². The van der Waals surface area contributed by atoms with Crippen LogP contribution in [0.15, 0.2) is 23.0 Å². The fourth-order valence-corrected chi connectivity index (χ4v) is 1.49. The smallest absolute Gasteiger partial charge is 0.345 e. The highest BCUT2D eigenvalue weighted by molar-refractivity contribution is 5.84. The normalized spacial score (nSPS) is 10.6. The molecule has 0 aliphatic heterocycles. The van der Waals surface area contributed by atoms with Crippen molar-refractivity contribution in [2.24, 2.45) is 0 Å². The molecule has 5 nitrogen and oxygen atoms in total.